The van der Waals surface area contributed by atoms with Crippen LogP contribution in [0.5, 0.6) is 11.5 Å². The number of rotatable bonds is 6. The summed E-state index contributed by atoms with van der Waals surface area (Å²) in [5.74, 6) is 0.0548. The minimum atomic E-state index is -0.554. The van der Waals surface area contributed by atoms with Crippen LogP contribution in [0.2, 0.25) is 5.02 Å². The Bertz CT molecular complexity index is 782. The molecular weight excluding hydrogens is 338 g/mol. The summed E-state index contributed by atoms with van der Waals surface area (Å²) in [6, 6.07) is 8.77. The van der Waals surface area contributed by atoms with E-state index in [1.54, 1.807) is 6.07 Å². The molecule has 0 atom stereocenters. The van der Waals surface area contributed by atoms with E-state index in [2.05, 4.69) is 10.9 Å². The smallest absolute Gasteiger partial charge is 0.294 e. The van der Waals surface area contributed by atoms with Gasteiger partial charge in [0, 0.05) is 11.6 Å². The van der Waals surface area contributed by atoms with Gasteiger partial charge in [-0.3, -0.25) is 25.8 Å². The molecule has 0 aromatic heterocycles. The standard InChI is InChI=1S/C15H14ClN3O5/c1-23-13-8-9(7-10(16)14(13)24-2)15(20)18-17-11-5-3-4-6-12(11)19(21)22/h3-8,17H,1-2H3,(H,18,20). The Labute approximate surface area is 142 Å². The number of anilines is 1. The topological polar surface area (TPSA) is 103 Å². The lowest BCUT2D eigenvalue weighted by Gasteiger charge is -2.12. The second kappa shape index (κ2) is 7.51. The van der Waals surface area contributed by atoms with E-state index in [4.69, 9.17) is 21.1 Å². The summed E-state index contributed by atoms with van der Waals surface area (Å²) in [6.07, 6.45) is 0. The lowest BCUT2D eigenvalue weighted by molar-refractivity contribution is -0.384. The number of carbonyl (C=O) groups excluding carboxylic acids is 1. The summed E-state index contributed by atoms with van der Waals surface area (Å²) in [7, 11) is 2.85. The van der Waals surface area contributed by atoms with Gasteiger partial charge in [0.2, 0.25) is 0 Å². The monoisotopic (exact) mass is 351 g/mol. The van der Waals surface area contributed by atoms with Crippen molar-refractivity contribution in [1.82, 2.24) is 5.43 Å². The molecule has 0 aliphatic heterocycles. The van der Waals surface area contributed by atoms with Crippen LogP contribution in [-0.4, -0.2) is 25.1 Å². The van der Waals surface area contributed by atoms with Gasteiger partial charge in [-0.1, -0.05) is 23.7 Å². The van der Waals surface area contributed by atoms with Crippen molar-refractivity contribution in [2.45, 2.75) is 0 Å². The highest BCUT2D eigenvalue weighted by Gasteiger charge is 2.17. The number of hydrogen-bond donors (Lipinski definition) is 2. The third-order valence-corrected chi connectivity index (χ3v) is 3.39. The average molecular weight is 352 g/mol. The number of amides is 1. The number of hydrazine groups is 1. The first-order valence-corrected chi connectivity index (χ1v) is 7.07. The van der Waals surface area contributed by atoms with Crippen molar-refractivity contribution >= 4 is 28.9 Å². The van der Waals surface area contributed by atoms with Crippen LogP contribution in [0.15, 0.2) is 36.4 Å². The Hall–Kier alpha value is -3.00. The predicted molar refractivity (Wildman–Crippen MR) is 88.7 cm³/mol. The maximum Gasteiger partial charge on any atom is 0.294 e. The molecule has 1 amide bonds. The van der Waals surface area contributed by atoms with Gasteiger partial charge in [0.15, 0.2) is 11.5 Å². The normalized spacial score (nSPS) is 9.96. The second-order valence-corrected chi connectivity index (χ2v) is 4.95. The van der Waals surface area contributed by atoms with Crippen molar-refractivity contribution in [2.75, 3.05) is 19.6 Å². The van der Waals surface area contributed by atoms with Crippen molar-refractivity contribution in [3.05, 3.63) is 57.1 Å². The number of nitrogens with one attached hydrogen (secondary N) is 2. The zero-order valence-corrected chi connectivity index (χ0v) is 13.6. The number of nitro groups is 1. The Morgan fingerprint density at radius 2 is 1.92 bits per heavy atom. The number of para-hydroxylation sites is 2. The summed E-state index contributed by atoms with van der Waals surface area (Å²) in [5, 5.41) is 11.1. The molecule has 2 aromatic carbocycles. The van der Waals surface area contributed by atoms with E-state index in [1.807, 2.05) is 0 Å². The van der Waals surface area contributed by atoms with Gasteiger partial charge in [0.25, 0.3) is 11.6 Å². The molecule has 0 bridgehead atoms. The molecule has 24 heavy (non-hydrogen) atoms. The zero-order valence-electron chi connectivity index (χ0n) is 12.8. The van der Waals surface area contributed by atoms with Gasteiger partial charge in [0.05, 0.1) is 24.2 Å². The predicted octanol–water partition coefficient (Wildman–Crippen LogP) is 3.02. The largest absolute Gasteiger partial charge is 0.493 e. The average Bonchev–Trinajstić information content (AvgIpc) is 2.58. The first-order chi connectivity index (χ1) is 11.5. The van der Waals surface area contributed by atoms with Crippen molar-refractivity contribution in [3.63, 3.8) is 0 Å². The van der Waals surface area contributed by atoms with E-state index in [0.717, 1.165) is 0 Å². The van der Waals surface area contributed by atoms with Gasteiger partial charge in [0.1, 0.15) is 5.69 Å². The molecule has 2 rings (SSSR count). The Kier molecular flexibility index (Phi) is 5.43. The molecule has 0 unspecified atom stereocenters. The first kappa shape index (κ1) is 17.4. The molecule has 2 aromatic rings. The Balaban J connectivity index is 2.19. The lowest BCUT2D eigenvalue weighted by atomic mass is 10.2. The number of halogens is 1. The SMILES string of the molecule is COc1cc(C(=O)NNc2ccccc2[N+](=O)[O-])cc(Cl)c1OC. The van der Waals surface area contributed by atoms with Crippen molar-refractivity contribution in [2.24, 2.45) is 0 Å². The van der Waals surface area contributed by atoms with Gasteiger partial charge >= 0.3 is 0 Å². The number of hydrogen-bond acceptors (Lipinski definition) is 6. The van der Waals surface area contributed by atoms with Gasteiger partial charge in [-0.05, 0) is 18.2 Å². The molecule has 0 aliphatic carbocycles. The number of methoxy groups -OCH3 is 2. The van der Waals surface area contributed by atoms with E-state index in [-0.39, 0.29) is 22.0 Å². The third kappa shape index (κ3) is 3.66. The van der Waals surface area contributed by atoms with Crippen LogP contribution in [0, 0.1) is 10.1 Å². The Morgan fingerprint density at radius 1 is 1.21 bits per heavy atom. The molecule has 0 saturated heterocycles. The number of nitro benzene ring substituents is 1. The molecule has 126 valence electrons. The fraction of sp³-hybridized carbons (Fsp3) is 0.133. The summed E-state index contributed by atoms with van der Waals surface area (Å²) >= 11 is 6.05. The molecule has 9 heteroatoms. The Morgan fingerprint density at radius 3 is 2.54 bits per heavy atom. The molecule has 0 saturated carbocycles. The summed E-state index contributed by atoms with van der Waals surface area (Å²) in [5.41, 5.74) is 5.09. The van der Waals surface area contributed by atoms with E-state index in [9.17, 15) is 14.9 Å². The maximum atomic E-state index is 12.2. The molecule has 2 N–H and O–H groups in total. The summed E-state index contributed by atoms with van der Waals surface area (Å²) in [6.45, 7) is 0. The van der Waals surface area contributed by atoms with Crippen LogP contribution in [0.4, 0.5) is 11.4 Å². The maximum absolute atomic E-state index is 12.2. The van der Waals surface area contributed by atoms with Crippen LogP contribution in [0.1, 0.15) is 10.4 Å². The molecule has 0 aliphatic rings. The van der Waals surface area contributed by atoms with Gasteiger partial charge in [-0.15, -0.1) is 0 Å². The minimum Gasteiger partial charge on any atom is -0.493 e. The first-order valence-electron chi connectivity index (χ1n) is 6.69. The fourth-order valence-electron chi connectivity index (χ4n) is 1.98. The van der Waals surface area contributed by atoms with E-state index >= 15 is 0 Å². The third-order valence-electron chi connectivity index (χ3n) is 3.11. The number of carbonyl (C=O) groups is 1. The summed E-state index contributed by atoms with van der Waals surface area (Å²) < 4.78 is 10.2. The highest BCUT2D eigenvalue weighted by Crippen LogP contribution is 2.36. The van der Waals surface area contributed by atoms with Crippen LogP contribution < -0.4 is 20.3 Å². The second-order valence-electron chi connectivity index (χ2n) is 4.55. The lowest BCUT2D eigenvalue weighted by Crippen LogP contribution is -2.29. The van der Waals surface area contributed by atoms with Crippen molar-refractivity contribution in [3.8, 4) is 11.5 Å². The van der Waals surface area contributed by atoms with Crippen molar-refractivity contribution < 1.29 is 19.2 Å². The fourth-order valence-corrected chi connectivity index (χ4v) is 2.27. The molecular formula is C15H14ClN3O5. The molecule has 0 radical (unpaired) electrons. The molecule has 0 fully saturated rings. The zero-order chi connectivity index (χ0) is 17.7. The quantitative estimate of drug-likeness (QED) is 0.612. The van der Waals surface area contributed by atoms with Crippen LogP contribution in [0.25, 0.3) is 0 Å². The summed E-state index contributed by atoms with van der Waals surface area (Å²) in [4.78, 5) is 22.6. The van der Waals surface area contributed by atoms with E-state index < -0.39 is 10.8 Å². The molecule has 0 heterocycles. The van der Waals surface area contributed by atoms with E-state index in [0.29, 0.717) is 11.5 Å². The van der Waals surface area contributed by atoms with Gasteiger partial charge < -0.3 is 9.47 Å². The van der Waals surface area contributed by atoms with Crippen LogP contribution in [-0.2, 0) is 0 Å². The highest BCUT2D eigenvalue weighted by atomic mass is 35.5. The minimum absolute atomic E-state index is 0.155. The van der Waals surface area contributed by atoms with Gasteiger partial charge in [-0.2, -0.15) is 0 Å². The highest BCUT2D eigenvalue weighted by molar-refractivity contribution is 6.32. The number of benzene rings is 2. The number of nitrogens with zero attached hydrogens (tertiary/aromatic N) is 1. The van der Waals surface area contributed by atoms with Crippen molar-refractivity contribution in [1.29, 1.82) is 0 Å². The van der Waals surface area contributed by atoms with Crippen LogP contribution >= 0.6 is 11.6 Å². The molecule has 8 nitrogen and oxygen atoms in total. The molecule has 0 spiro atoms. The van der Waals surface area contributed by atoms with Gasteiger partial charge in [-0.25, -0.2) is 0 Å². The number of ether oxygens (including phenoxy) is 2. The van der Waals surface area contributed by atoms with Crippen LogP contribution in [0.3, 0.4) is 0 Å². The van der Waals surface area contributed by atoms with E-state index in [1.165, 1.54) is 44.6 Å².